The summed E-state index contributed by atoms with van der Waals surface area (Å²) < 4.78 is 28.3. The molecule has 2 rings (SSSR count). The molecule has 1 aromatic heterocycles. The Bertz CT molecular complexity index is 672. The predicted octanol–water partition coefficient (Wildman–Crippen LogP) is 1.55. The summed E-state index contributed by atoms with van der Waals surface area (Å²) in [6.07, 6.45) is 0. The molecule has 0 aliphatic carbocycles. The third kappa shape index (κ3) is 3.12. The molecule has 2 aromatic rings. The number of aromatic nitrogens is 1. The molecule has 0 spiro atoms. The van der Waals surface area contributed by atoms with E-state index in [2.05, 4.69) is 10.3 Å². The Kier molecular flexibility index (Phi) is 3.59. The molecule has 0 saturated heterocycles. The smallest absolute Gasteiger partial charge is 0.240 e. The van der Waals surface area contributed by atoms with E-state index in [-0.39, 0.29) is 4.90 Å². The lowest BCUT2D eigenvalue weighted by Crippen LogP contribution is -2.15. The number of oxazole rings is 1. The maximum atomic E-state index is 11.4. The molecule has 7 heteroatoms. The van der Waals surface area contributed by atoms with E-state index in [1.165, 1.54) is 6.07 Å². The number of hydrogen-bond acceptors (Lipinski definition) is 5. The van der Waals surface area contributed by atoms with E-state index in [0.717, 1.165) is 11.5 Å². The number of anilines is 1. The van der Waals surface area contributed by atoms with Gasteiger partial charge in [0, 0.05) is 0 Å². The average molecular weight is 281 g/mol. The summed E-state index contributed by atoms with van der Waals surface area (Å²) in [4.78, 5) is 4.26. The number of hydrogen-bond donors (Lipinski definition) is 2. The Morgan fingerprint density at radius 3 is 2.58 bits per heavy atom. The Morgan fingerprint density at radius 2 is 2.00 bits per heavy atom. The number of aryl methyl sites for hydroxylation is 2. The van der Waals surface area contributed by atoms with Crippen molar-refractivity contribution in [2.75, 3.05) is 5.32 Å². The summed E-state index contributed by atoms with van der Waals surface area (Å²) in [5.74, 6) is 1.25. The third-order valence-corrected chi connectivity index (χ3v) is 3.67. The number of para-hydroxylation sites is 1. The summed E-state index contributed by atoms with van der Waals surface area (Å²) >= 11 is 0. The molecule has 0 aliphatic heterocycles. The quantitative estimate of drug-likeness (QED) is 0.886. The zero-order valence-electron chi connectivity index (χ0n) is 10.7. The van der Waals surface area contributed by atoms with Gasteiger partial charge in [0.25, 0.3) is 0 Å². The Labute approximate surface area is 111 Å². The van der Waals surface area contributed by atoms with Crippen LogP contribution in [0.25, 0.3) is 0 Å². The van der Waals surface area contributed by atoms with Gasteiger partial charge in [0.15, 0.2) is 0 Å². The number of rotatable bonds is 4. The number of nitrogens with zero attached hydrogens (tertiary/aromatic N) is 1. The predicted molar refractivity (Wildman–Crippen MR) is 71.1 cm³/mol. The van der Waals surface area contributed by atoms with Gasteiger partial charge in [0.2, 0.25) is 15.9 Å². The van der Waals surface area contributed by atoms with E-state index >= 15 is 0 Å². The maximum absolute atomic E-state index is 11.4. The minimum Gasteiger partial charge on any atom is -0.444 e. The highest BCUT2D eigenvalue weighted by molar-refractivity contribution is 7.89. The van der Waals surface area contributed by atoms with Gasteiger partial charge in [-0.15, -0.1) is 0 Å². The van der Waals surface area contributed by atoms with E-state index in [0.29, 0.717) is 18.1 Å². The number of primary sulfonamides is 1. The second-order valence-corrected chi connectivity index (χ2v) is 5.67. The van der Waals surface area contributed by atoms with Crippen LogP contribution in [-0.4, -0.2) is 13.4 Å². The van der Waals surface area contributed by atoms with Gasteiger partial charge in [-0.25, -0.2) is 18.5 Å². The lowest BCUT2D eigenvalue weighted by molar-refractivity contribution is 0.478. The van der Waals surface area contributed by atoms with Crippen LogP contribution < -0.4 is 10.5 Å². The summed E-state index contributed by atoms with van der Waals surface area (Å²) in [5.41, 5.74) is 1.25. The van der Waals surface area contributed by atoms with Crippen LogP contribution in [0.5, 0.6) is 0 Å². The van der Waals surface area contributed by atoms with E-state index < -0.39 is 10.0 Å². The Morgan fingerprint density at radius 1 is 1.32 bits per heavy atom. The van der Waals surface area contributed by atoms with Crippen molar-refractivity contribution in [2.45, 2.75) is 25.3 Å². The summed E-state index contributed by atoms with van der Waals surface area (Å²) in [6, 6.07) is 6.43. The van der Waals surface area contributed by atoms with Gasteiger partial charge in [0.05, 0.1) is 17.9 Å². The van der Waals surface area contributed by atoms with Gasteiger partial charge < -0.3 is 9.73 Å². The van der Waals surface area contributed by atoms with Gasteiger partial charge in [-0.1, -0.05) is 12.1 Å². The first-order valence-electron chi connectivity index (χ1n) is 5.66. The molecule has 0 bridgehead atoms. The van der Waals surface area contributed by atoms with Crippen molar-refractivity contribution < 1.29 is 12.8 Å². The first-order chi connectivity index (χ1) is 8.88. The molecule has 3 N–H and O–H groups in total. The van der Waals surface area contributed by atoms with Crippen molar-refractivity contribution in [3.05, 3.63) is 41.6 Å². The largest absolute Gasteiger partial charge is 0.444 e. The van der Waals surface area contributed by atoms with Crippen LogP contribution in [-0.2, 0) is 16.6 Å². The Hall–Kier alpha value is -1.86. The molecule has 0 atom stereocenters. The molecule has 1 aromatic carbocycles. The van der Waals surface area contributed by atoms with Crippen LogP contribution in [0.3, 0.4) is 0 Å². The van der Waals surface area contributed by atoms with Crippen LogP contribution in [0.2, 0.25) is 0 Å². The number of benzene rings is 1. The van der Waals surface area contributed by atoms with Gasteiger partial charge in [0.1, 0.15) is 10.7 Å². The van der Waals surface area contributed by atoms with E-state index in [9.17, 15) is 8.42 Å². The zero-order valence-corrected chi connectivity index (χ0v) is 11.5. The topological polar surface area (TPSA) is 98.2 Å². The first kappa shape index (κ1) is 13.6. The van der Waals surface area contributed by atoms with Crippen molar-refractivity contribution in [2.24, 2.45) is 5.14 Å². The molecule has 0 aliphatic rings. The molecular formula is C12H15N3O3S. The van der Waals surface area contributed by atoms with Crippen LogP contribution in [0, 0.1) is 13.8 Å². The average Bonchev–Trinajstić information content (AvgIpc) is 2.65. The molecule has 19 heavy (non-hydrogen) atoms. The SMILES string of the molecule is Cc1nc(CNc2ccccc2S(N)(=O)=O)oc1C. The number of nitrogens with two attached hydrogens (primary N) is 1. The molecule has 0 amide bonds. The van der Waals surface area contributed by atoms with Crippen LogP contribution in [0.4, 0.5) is 5.69 Å². The minimum atomic E-state index is -3.75. The summed E-state index contributed by atoms with van der Waals surface area (Å²) in [5, 5.41) is 8.11. The first-order valence-corrected chi connectivity index (χ1v) is 7.21. The normalized spacial score (nSPS) is 11.5. The highest BCUT2D eigenvalue weighted by Gasteiger charge is 2.13. The van der Waals surface area contributed by atoms with Gasteiger partial charge in [-0.3, -0.25) is 0 Å². The fourth-order valence-electron chi connectivity index (χ4n) is 1.65. The molecule has 0 radical (unpaired) electrons. The monoisotopic (exact) mass is 281 g/mol. The second kappa shape index (κ2) is 5.02. The van der Waals surface area contributed by atoms with Crippen LogP contribution in [0.15, 0.2) is 33.6 Å². The molecular weight excluding hydrogens is 266 g/mol. The van der Waals surface area contributed by atoms with Gasteiger partial charge in [-0.05, 0) is 26.0 Å². The fraction of sp³-hybridized carbons (Fsp3) is 0.250. The summed E-state index contributed by atoms with van der Waals surface area (Å²) in [6.45, 7) is 3.96. The molecule has 0 fully saturated rings. The van der Waals surface area contributed by atoms with Crippen molar-refractivity contribution >= 4 is 15.7 Å². The fourth-order valence-corrected chi connectivity index (χ4v) is 2.36. The van der Waals surface area contributed by atoms with Crippen LogP contribution >= 0.6 is 0 Å². The molecule has 1 heterocycles. The highest BCUT2D eigenvalue weighted by atomic mass is 32.2. The molecule has 0 unspecified atom stereocenters. The number of nitrogens with one attached hydrogen (secondary N) is 1. The lowest BCUT2D eigenvalue weighted by Gasteiger charge is -2.08. The van der Waals surface area contributed by atoms with Crippen LogP contribution in [0.1, 0.15) is 17.3 Å². The van der Waals surface area contributed by atoms with E-state index in [1.807, 2.05) is 13.8 Å². The second-order valence-electron chi connectivity index (χ2n) is 4.14. The molecule has 6 nitrogen and oxygen atoms in total. The highest BCUT2D eigenvalue weighted by Crippen LogP contribution is 2.20. The maximum Gasteiger partial charge on any atom is 0.240 e. The number of sulfonamides is 1. The van der Waals surface area contributed by atoms with E-state index in [4.69, 9.17) is 9.56 Å². The van der Waals surface area contributed by atoms with Gasteiger partial charge >= 0.3 is 0 Å². The molecule has 102 valence electrons. The summed E-state index contributed by atoms with van der Waals surface area (Å²) in [7, 11) is -3.75. The molecule has 0 saturated carbocycles. The standard InChI is InChI=1S/C12H15N3O3S/c1-8-9(2)18-12(15-8)7-14-10-5-3-4-6-11(10)19(13,16)17/h3-6,14H,7H2,1-2H3,(H2,13,16,17). The Balaban J connectivity index is 2.21. The van der Waals surface area contributed by atoms with Crippen molar-refractivity contribution in [1.29, 1.82) is 0 Å². The zero-order chi connectivity index (χ0) is 14.0. The van der Waals surface area contributed by atoms with Crippen molar-refractivity contribution in [1.82, 2.24) is 4.98 Å². The van der Waals surface area contributed by atoms with Crippen molar-refractivity contribution in [3.8, 4) is 0 Å². The van der Waals surface area contributed by atoms with E-state index in [1.54, 1.807) is 18.2 Å². The minimum absolute atomic E-state index is 0.0509. The lowest BCUT2D eigenvalue weighted by atomic mass is 10.3. The third-order valence-electron chi connectivity index (χ3n) is 2.70. The van der Waals surface area contributed by atoms with Gasteiger partial charge in [-0.2, -0.15) is 0 Å². The van der Waals surface area contributed by atoms with Crippen molar-refractivity contribution in [3.63, 3.8) is 0 Å².